The number of carbonyl (C=O) groups is 4. The molecule has 1 aromatic heterocycles. The summed E-state index contributed by atoms with van der Waals surface area (Å²) in [5, 5.41) is 4.89. The summed E-state index contributed by atoms with van der Waals surface area (Å²) < 4.78 is 62.0. The van der Waals surface area contributed by atoms with Gasteiger partial charge in [-0.3, -0.25) is 23.9 Å². The highest BCUT2D eigenvalue weighted by Crippen LogP contribution is 2.46. The molecule has 4 amide bonds. The van der Waals surface area contributed by atoms with Crippen LogP contribution in [0.5, 0.6) is 5.88 Å². The van der Waals surface area contributed by atoms with Crippen LogP contribution in [0.3, 0.4) is 0 Å². The molecule has 2 aliphatic carbocycles. The van der Waals surface area contributed by atoms with E-state index in [4.69, 9.17) is 4.74 Å². The molecule has 3 aromatic rings. The van der Waals surface area contributed by atoms with Crippen molar-refractivity contribution >= 4 is 44.7 Å². The molecule has 2 aliphatic heterocycles. The molecule has 2 saturated carbocycles. The van der Waals surface area contributed by atoms with Gasteiger partial charge >= 0.3 is 0 Å². The quantitative estimate of drug-likeness (QED) is 0.306. The number of rotatable bonds is 7. The Kier molecular flexibility index (Phi) is 9.91. The van der Waals surface area contributed by atoms with Crippen LogP contribution in [0.1, 0.15) is 73.8 Å². The van der Waals surface area contributed by atoms with E-state index in [1.54, 1.807) is 6.92 Å². The average molecular weight is 751 g/mol. The molecule has 1 saturated heterocycles. The normalized spacial score (nSPS) is 26.4. The molecular formula is C37H40F2N6O7S. The number of nitrogens with zero attached hydrogens (tertiary/aromatic N) is 3. The number of benzene rings is 2. The second kappa shape index (κ2) is 14.4. The van der Waals surface area contributed by atoms with E-state index in [0.29, 0.717) is 43.3 Å². The molecule has 16 heteroatoms. The fourth-order valence-electron chi connectivity index (χ4n) is 7.09. The first-order valence-electron chi connectivity index (χ1n) is 17.9. The lowest BCUT2D eigenvalue weighted by molar-refractivity contribution is -0.141. The minimum atomic E-state index is -3.93. The number of aryl methyl sites for hydroxylation is 1. The maximum Gasteiger partial charge on any atom is 0.259 e. The largest absolute Gasteiger partial charge is 0.471 e. The number of hydrogen-bond acceptors (Lipinski definition) is 9. The van der Waals surface area contributed by atoms with Gasteiger partial charge in [-0.15, -0.1) is 0 Å². The summed E-state index contributed by atoms with van der Waals surface area (Å²) in [6.45, 7) is 1.54. The number of aromatic nitrogens is 2. The van der Waals surface area contributed by atoms with Crippen LogP contribution in [0.2, 0.25) is 0 Å². The zero-order chi connectivity index (χ0) is 37.5. The maximum absolute atomic E-state index is 14.5. The molecule has 3 fully saturated rings. The number of hydrogen-bond donors (Lipinski definition) is 3. The molecule has 0 bridgehead atoms. The summed E-state index contributed by atoms with van der Waals surface area (Å²) in [7, 11) is -3.93. The predicted molar refractivity (Wildman–Crippen MR) is 188 cm³/mol. The van der Waals surface area contributed by atoms with E-state index < -0.39 is 80.2 Å². The number of amides is 4. The minimum Gasteiger partial charge on any atom is -0.471 e. The van der Waals surface area contributed by atoms with E-state index in [2.05, 4.69) is 25.3 Å². The summed E-state index contributed by atoms with van der Waals surface area (Å²) >= 11 is 0. The van der Waals surface area contributed by atoms with Gasteiger partial charge < -0.3 is 20.3 Å². The molecule has 13 nitrogen and oxygen atoms in total. The first kappa shape index (κ1) is 36.4. The van der Waals surface area contributed by atoms with Gasteiger partial charge in [-0.2, -0.15) is 0 Å². The van der Waals surface area contributed by atoms with Crippen molar-refractivity contribution in [1.29, 1.82) is 0 Å². The highest BCUT2D eigenvalue weighted by Gasteiger charge is 2.62. The van der Waals surface area contributed by atoms with Gasteiger partial charge in [0.25, 0.3) is 11.8 Å². The van der Waals surface area contributed by atoms with Crippen LogP contribution < -0.4 is 20.1 Å². The lowest BCUT2D eigenvalue weighted by Gasteiger charge is -2.30. The van der Waals surface area contributed by atoms with Gasteiger partial charge in [0.15, 0.2) is 0 Å². The number of carbonyl (C=O) groups excluding carboxylic acids is 4. The van der Waals surface area contributed by atoms with E-state index >= 15 is 0 Å². The van der Waals surface area contributed by atoms with Crippen molar-refractivity contribution in [3.63, 3.8) is 0 Å². The average Bonchev–Trinajstić information content (AvgIpc) is 4.04. The molecule has 0 radical (unpaired) electrons. The monoisotopic (exact) mass is 750 g/mol. The van der Waals surface area contributed by atoms with Gasteiger partial charge in [0, 0.05) is 24.0 Å². The number of halogens is 2. The zero-order valence-corrected chi connectivity index (χ0v) is 29.8. The zero-order valence-electron chi connectivity index (χ0n) is 29.0. The molecule has 5 atom stereocenters. The van der Waals surface area contributed by atoms with Crippen molar-refractivity contribution < 1.29 is 41.1 Å². The van der Waals surface area contributed by atoms with E-state index in [1.807, 2.05) is 12.2 Å². The standard InChI is InChI=1S/C37H40F2N6O7S/c1-21-34(42-30-17-25(39)12-15-28(30)40-21)52-26-18-31-33(47)43-37(36(49)44-53(50,51)27-13-14-27)19-23(37)9-5-3-2-4-6-11-29(35(48)45(31)20-26)41-32(46)22-8-7-10-24(38)16-22/h5,7-10,12,15-17,23,26-27,29,31H,2-4,6,11,13-14,18-20H2,1H3,(H,41,46)(H,43,47)(H,44,49)/t23-,26-,29+,31+,37-/m1/s1. The van der Waals surface area contributed by atoms with Gasteiger partial charge in [-0.1, -0.05) is 31.1 Å². The molecule has 0 spiro atoms. The molecule has 53 heavy (non-hydrogen) atoms. The Morgan fingerprint density at radius 3 is 2.57 bits per heavy atom. The Morgan fingerprint density at radius 1 is 1.00 bits per heavy atom. The number of ether oxygens (including phenoxy) is 1. The number of allylic oxidation sites excluding steroid dienone is 1. The van der Waals surface area contributed by atoms with Crippen molar-refractivity contribution in [2.45, 2.75) is 93.7 Å². The second-order valence-corrected chi connectivity index (χ2v) is 16.2. The number of nitrogens with one attached hydrogen (secondary N) is 3. The highest BCUT2D eigenvalue weighted by atomic mass is 32.2. The van der Waals surface area contributed by atoms with E-state index in [0.717, 1.165) is 12.5 Å². The summed E-state index contributed by atoms with van der Waals surface area (Å²) in [5.74, 6) is -4.32. The van der Waals surface area contributed by atoms with Crippen molar-refractivity contribution in [2.75, 3.05) is 6.54 Å². The molecular weight excluding hydrogens is 711 g/mol. The van der Waals surface area contributed by atoms with Crippen LogP contribution >= 0.6 is 0 Å². The first-order chi connectivity index (χ1) is 25.3. The molecule has 7 rings (SSSR count). The third kappa shape index (κ3) is 7.87. The summed E-state index contributed by atoms with van der Waals surface area (Å²) in [4.78, 5) is 65.9. The molecule has 280 valence electrons. The second-order valence-electron chi connectivity index (χ2n) is 14.3. The number of sulfonamides is 1. The number of fused-ring (bicyclic) bond motifs is 3. The van der Waals surface area contributed by atoms with Gasteiger partial charge in [0.05, 0.1) is 22.8 Å². The van der Waals surface area contributed by atoms with Crippen molar-refractivity contribution in [2.24, 2.45) is 5.92 Å². The van der Waals surface area contributed by atoms with E-state index in [1.165, 1.54) is 41.3 Å². The Bertz CT molecular complexity index is 2110. The first-order valence-corrected chi connectivity index (χ1v) is 19.4. The van der Waals surface area contributed by atoms with Crippen molar-refractivity contribution in [3.8, 4) is 5.88 Å². The van der Waals surface area contributed by atoms with Crippen LogP contribution in [-0.4, -0.2) is 82.4 Å². The summed E-state index contributed by atoms with van der Waals surface area (Å²) in [6, 6.07) is 6.75. The van der Waals surface area contributed by atoms with Crippen LogP contribution in [0, 0.1) is 24.5 Å². The van der Waals surface area contributed by atoms with Gasteiger partial charge in [0.1, 0.15) is 41.1 Å². The topological polar surface area (TPSA) is 177 Å². The molecule has 2 aromatic carbocycles. The Hall–Kier alpha value is -4.99. The third-order valence-corrected chi connectivity index (χ3v) is 12.1. The van der Waals surface area contributed by atoms with E-state index in [9.17, 15) is 36.4 Å². The SMILES string of the molecule is Cc1nc2ccc(F)cc2nc1O[C@@H]1C[C@H]2C(=O)N[C@]3(C(=O)NS(=O)(=O)C4CC4)C[C@H]3C=CCCCCC[C@H](NC(=O)c3cccc(F)c3)C(=O)N2C1. The van der Waals surface area contributed by atoms with Gasteiger partial charge in [-0.05, 0) is 75.8 Å². The third-order valence-electron chi connectivity index (χ3n) is 10.3. The molecule has 0 unspecified atom stereocenters. The Labute approximate surface area is 305 Å². The highest BCUT2D eigenvalue weighted by molar-refractivity contribution is 7.91. The van der Waals surface area contributed by atoms with Crippen molar-refractivity contribution in [1.82, 2.24) is 30.2 Å². The van der Waals surface area contributed by atoms with Crippen LogP contribution in [0.4, 0.5) is 8.78 Å². The van der Waals surface area contributed by atoms with Crippen LogP contribution in [-0.2, 0) is 24.4 Å². The van der Waals surface area contributed by atoms with Crippen molar-refractivity contribution in [3.05, 3.63) is 77.5 Å². The fraction of sp³-hybridized carbons (Fsp3) is 0.459. The smallest absolute Gasteiger partial charge is 0.259 e. The van der Waals surface area contributed by atoms with Gasteiger partial charge in [0.2, 0.25) is 27.7 Å². The minimum absolute atomic E-state index is 0.0198. The lowest BCUT2D eigenvalue weighted by Crippen LogP contribution is -2.58. The van der Waals surface area contributed by atoms with E-state index in [-0.39, 0.29) is 42.8 Å². The molecule has 3 heterocycles. The van der Waals surface area contributed by atoms with Crippen LogP contribution in [0.25, 0.3) is 11.0 Å². The molecule has 4 aliphatic rings. The fourth-order valence-corrected chi connectivity index (χ4v) is 8.45. The summed E-state index contributed by atoms with van der Waals surface area (Å²) in [6.07, 6.45) is 6.77. The molecule has 3 N–H and O–H groups in total. The predicted octanol–water partition coefficient (Wildman–Crippen LogP) is 3.37. The summed E-state index contributed by atoms with van der Waals surface area (Å²) in [5.41, 5.74) is -0.453. The Balaban J connectivity index is 1.20. The Morgan fingerprint density at radius 2 is 1.79 bits per heavy atom. The van der Waals surface area contributed by atoms with Gasteiger partial charge in [-0.25, -0.2) is 27.2 Å². The van der Waals surface area contributed by atoms with Crippen LogP contribution in [0.15, 0.2) is 54.6 Å². The lowest BCUT2D eigenvalue weighted by atomic mass is 10.0. The maximum atomic E-state index is 14.5.